The smallest absolute Gasteiger partial charge is 0.137 e. The zero-order valence-electron chi connectivity index (χ0n) is 9.86. The molecular formula is C12H13BrFN3S. The molecule has 0 aliphatic carbocycles. The molecule has 1 aromatic heterocycles. The molecule has 0 aliphatic heterocycles. The summed E-state index contributed by atoms with van der Waals surface area (Å²) < 4.78 is 21.9. The van der Waals surface area contributed by atoms with Gasteiger partial charge in [0.25, 0.3) is 0 Å². The van der Waals surface area contributed by atoms with E-state index in [2.05, 4.69) is 30.0 Å². The van der Waals surface area contributed by atoms with Gasteiger partial charge in [0.15, 0.2) is 0 Å². The first-order valence-electron chi connectivity index (χ1n) is 5.65. The maximum absolute atomic E-state index is 13.2. The van der Waals surface area contributed by atoms with Crippen LogP contribution in [0.2, 0.25) is 0 Å². The molecule has 0 bridgehead atoms. The lowest BCUT2D eigenvalue weighted by Gasteiger charge is -2.15. The van der Waals surface area contributed by atoms with E-state index in [1.54, 1.807) is 18.3 Å². The molecule has 0 saturated carbocycles. The monoisotopic (exact) mass is 329 g/mol. The van der Waals surface area contributed by atoms with E-state index in [0.29, 0.717) is 4.47 Å². The van der Waals surface area contributed by atoms with Crippen molar-refractivity contribution in [2.24, 2.45) is 0 Å². The van der Waals surface area contributed by atoms with Gasteiger partial charge < -0.3 is 5.32 Å². The first-order chi connectivity index (χ1) is 8.70. The topological polar surface area (TPSA) is 37.8 Å². The second kappa shape index (κ2) is 6.36. The number of likely N-dealkylation sites (N-methyl/N-ethyl adjacent to an activating group) is 1. The number of nitrogens with zero attached hydrogens (tertiary/aromatic N) is 2. The van der Waals surface area contributed by atoms with Crippen LogP contribution in [-0.4, -0.2) is 15.3 Å². The van der Waals surface area contributed by atoms with Crippen molar-refractivity contribution in [3.05, 3.63) is 45.9 Å². The summed E-state index contributed by atoms with van der Waals surface area (Å²) in [5.41, 5.74) is 1.99. The molecule has 2 rings (SSSR count). The van der Waals surface area contributed by atoms with Crippen LogP contribution in [0.5, 0.6) is 0 Å². The summed E-state index contributed by atoms with van der Waals surface area (Å²) in [4.78, 5) is 0. The van der Waals surface area contributed by atoms with E-state index in [4.69, 9.17) is 0 Å². The van der Waals surface area contributed by atoms with E-state index < -0.39 is 0 Å². The third kappa shape index (κ3) is 3.34. The average Bonchev–Trinajstić information content (AvgIpc) is 2.87. The van der Waals surface area contributed by atoms with Gasteiger partial charge in [-0.2, -0.15) is 8.75 Å². The molecule has 18 heavy (non-hydrogen) atoms. The highest BCUT2D eigenvalue weighted by Gasteiger charge is 2.14. The molecule has 0 amide bonds. The average molecular weight is 330 g/mol. The van der Waals surface area contributed by atoms with Crippen molar-refractivity contribution in [2.75, 3.05) is 6.54 Å². The van der Waals surface area contributed by atoms with Crippen LogP contribution in [0, 0.1) is 5.82 Å². The van der Waals surface area contributed by atoms with E-state index in [9.17, 15) is 4.39 Å². The van der Waals surface area contributed by atoms with Crippen LogP contribution in [0.1, 0.15) is 24.2 Å². The molecule has 1 unspecified atom stereocenters. The fraction of sp³-hybridized carbons (Fsp3) is 0.333. The third-order valence-electron chi connectivity index (χ3n) is 2.61. The van der Waals surface area contributed by atoms with Crippen LogP contribution in [-0.2, 0) is 6.42 Å². The summed E-state index contributed by atoms with van der Waals surface area (Å²) in [6, 6.07) is 5.19. The Morgan fingerprint density at radius 3 is 2.94 bits per heavy atom. The maximum atomic E-state index is 13.2. The quantitative estimate of drug-likeness (QED) is 0.914. The van der Waals surface area contributed by atoms with Gasteiger partial charge in [0, 0.05) is 0 Å². The molecule has 1 N–H and O–H groups in total. The van der Waals surface area contributed by atoms with Crippen LogP contribution in [0.15, 0.2) is 28.9 Å². The Morgan fingerprint density at radius 1 is 1.50 bits per heavy atom. The Morgan fingerprint density at radius 2 is 2.33 bits per heavy atom. The number of aromatic nitrogens is 2. The second-order valence-electron chi connectivity index (χ2n) is 3.90. The first-order valence-corrected chi connectivity index (χ1v) is 7.17. The number of benzene rings is 1. The molecule has 0 spiro atoms. The van der Waals surface area contributed by atoms with Crippen LogP contribution in [0.4, 0.5) is 4.39 Å². The van der Waals surface area contributed by atoms with Crippen molar-refractivity contribution >= 4 is 27.7 Å². The van der Waals surface area contributed by atoms with E-state index >= 15 is 0 Å². The molecule has 0 aliphatic rings. The predicted octanol–water partition coefficient (Wildman–Crippen LogP) is 3.33. The van der Waals surface area contributed by atoms with E-state index in [1.807, 2.05) is 6.92 Å². The summed E-state index contributed by atoms with van der Waals surface area (Å²) in [7, 11) is 0. The minimum atomic E-state index is -0.242. The number of halogens is 2. The van der Waals surface area contributed by atoms with E-state index in [0.717, 1.165) is 24.2 Å². The van der Waals surface area contributed by atoms with Crippen molar-refractivity contribution in [1.29, 1.82) is 0 Å². The van der Waals surface area contributed by atoms with Gasteiger partial charge in [0.2, 0.25) is 0 Å². The highest BCUT2D eigenvalue weighted by Crippen LogP contribution is 2.21. The predicted molar refractivity (Wildman–Crippen MR) is 74.1 cm³/mol. The zero-order chi connectivity index (χ0) is 13.0. The summed E-state index contributed by atoms with van der Waals surface area (Å²) in [5.74, 6) is -0.242. The van der Waals surface area contributed by atoms with Crippen molar-refractivity contribution in [2.45, 2.75) is 19.4 Å². The largest absolute Gasteiger partial charge is 0.309 e. The van der Waals surface area contributed by atoms with E-state index in [-0.39, 0.29) is 11.9 Å². The second-order valence-corrected chi connectivity index (χ2v) is 5.31. The molecule has 1 heterocycles. The molecule has 3 nitrogen and oxygen atoms in total. The SMILES string of the molecule is CCNC(Cc1ccc(F)c(Br)c1)c1cnsn1. The van der Waals surface area contributed by atoms with Gasteiger partial charge in [-0.25, -0.2) is 4.39 Å². The molecule has 6 heteroatoms. The van der Waals surface area contributed by atoms with Crippen LogP contribution >= 0.6 is 27.7 Å². The molecule has 0 saturated heterocycles. The molecular weight excluding hydrogens is 317 g/mol. The molecule has 0 radical (unpaired) electrons. The molecule has 0 fully saturated rings. The van der Waals surface area contributed by atoms with Crippen molar-refractivity contribution in [3.8, 4) is 0 Å². The van der Waals surface area contributed by atoms with Gasteiger partial charge in [-0.1, -0.05) is 13.0 Å². The first kappa shape index (κ1) is 13.6. The van der Waals surface area contributed by atoms with Gasteiger partial charge in [-0.05, 0) is 46.6 Å². The Kier molecular flexibility index (Phi) is 4.79. The maximum Gasteiger partial charge on any atom is 0.137 e. The molecule has 1 aromatic carbocycles. The number of nitrogens with one attached hydrogen (secondary N) is 1. The Hall–Kier alpha value is -0.850. The standard InChI is InChI=1S/C12H13BrFN3S/c1-2-15-11(12-7-16-18-17-12)6-8-3-4-10(14)9(13)5-8/h3-5,7,11,15H,2,6H2,1H3. The molecule has 96 valence electrons. The number of hydrogen-bond acceptors (Lipinski definition) is 4. The minimum absolute atomic E-state index is 0.117. The van der Waals surface area contributed by atoms with Crippen LogP contribution in [0.3, 0.4) is 0 Å². The van der Waals surface area contributed by atoms with Crippen molar-refractivity contribution in [1.82, 2.24) is 14.1 Å². The van der Waals surface area contributed by atoms with Crippen molar-refractivity contribution in [3.63, 3.8) is 0 Å². The lowest BCUT2D eigenvalue weighted by atomic mass is 10.0. The Balaban J connectivity index is 2.16. The lowest BCUT2D eigenvalue weighted by Crippen LogP contribution is -2.23. The Bertz CT molecular complexity index is 504. The van der Waals surface area contributed by atoms with Gasteiger partial charge in [0.05, 0.1) is 34.1 Å². The van der Waals surface area contributed by atoms with Crippen LogP contribution < -0.4 is 5.32 Å². The summed E-state index contributed by atoms with van der Waals surface area (Å²) in [5, 5.41) is 3.36. The summed E-state index contributed by atoms with van der Waals surface area (Å²) in [6.45, 7) is 2.90. The van der Waals surface area contributed by atoms with Gasteiger partial charge in [0.1, 0.15) is 5.82 Å². The van der Waals surface area contributed by atoms with Gasteiger partial charge in [-0.3, -0.25) is 0 Å². The fourth-order valence-corrected chi connectivity index (χ4v) is 2.65. The minimum Gasteiger partial charge on any atom is -0.309 e. The van der Waals surface area contributed by atoms with E-state index in [1.165, 1.54) is 17.8 Å². The third-order valence-corrected chi connectivity index (χ3v) is 3.71. The van der Waals surface area contributed by atoms with Gasteiger partial charge in [-0.15, -0.1) is 0 Å². The molecule has 2 aromatic rings. The zero-order valence-corrected chi connectivity index (χ0v) is 12.3. The van der Waals surface area contributed by atoms with Gasteiger partial charge >= 0.3 is 0 Å². The normalized spacial score (nSPS) is 12.6. The fourth-order valence-electron chi connectivity index (χ4n) is 1.76. The molecule has 1 atom stereocenters. The number of hydrogen-bond donors (Lipinski definition) is 1. The lowest BCUT2D eigenvalue weighted by molar-refractivity contribution is 0.539. The highest BCUT2D eigenvalue weighted by molar-refractivity contribution is 9.10. The van der Waals surface area contributed by atoms with Crippen LogP contribution in [0.25, 0.3) is 0 Å². The Labute approximate surface area is 118 Å². The highest BCUT2D eigenvalue weighted by atomic mass is 79.9. The van der Waals surface area contributed by atoms with Crippen molar-refractivity contribution < 1.29 is 4.39 Å². The summed E-state index contributed by atoms with van der Waals surface area (Å²) in [6.07, 6.45) is 2.54. The number of rotatable bonds is 5. The summed E-state index contributed by atoms with van der Waals surface area (Å²) >= 11 is 4.40.